The van der Waals surface area contributed by atoms with Crippen molar-refractivity contribution in [2.45, 2.75) is 25.4 Å². The number of imide groups is 1. The SMILES string of the molecule is COc1cc2c(cc1OC)CN(C1CC(=O)N(c3cccc(F)c3)C1=O)CC2. The molecule has 0 spiro atoms. The lowest BCUT2D eigenvalue weighted by Crippen LogP contribution is -2.44. The first-order valence-corrected chi connectivity index (χ1v) is 9.12. The molecule has 1 unspecified atom stereocenters. The largest absolute Gasteiger partial charge is 0.493 e. The van der Waals surface area contributed by atoms with E-state index in [1.807, 2.05) is 17.0 Å². The Balaban J connectivity index is 1.58. The molecule has 0 aliphatic carbocycles. The standard InChI is InChI=1S/C21H21FN2O4/c1-27-18-8-13-6-7-23(12-14(13)9-19(18)28-2)17-11-20(25)24(21(17)26)16-5-3-4-15(22)10-16/h3-5,8-10,17H,6-7,11-12H2,1-2H3. The first-order chi connectivity index (χ1) is 13.5. The van der Waals surface area contributed by atoms with Gasteiger partial charge in [-0.05, 0) is 47.9 Å². The second-order valence-corrected chi connectivity index (χ2v) is 6.96. The van der Waals surface area contributed by atoms with Crippen LogP contribution in [0.4, 0.5) is 10.1 Å². The van der Waals surface area contributed by atoms with Gasteiger partial charge in [-0.2, -0.15) is 0 Å². The molecular formula is C21H21FN2O4. The summed E-state index contributed by atoms with van der Waals surface area (Å²) in [6.45, 7) is 1.19. The molecule has 2 aromatic carbocycles. The quantitative estimate of drug-likeness (QED) is 0.759. The first-order valence-electron chi connectivity index (χ1n) is 9.12. The highest BCUT2D eigenvalue weighted by Gasteiger charge is 2.43. The molecular weight excluding hydrogens is 363 g/mol. The van der Waals surface area contributed by atoms with E-state index in [-0.39, 0.29) is 23.9 Å². The van der Waals surface area contributed by atoms with Crippen LogP contribution in [0.25, 0.3) is 0 Å². The number of amides is 2. The molecule has 0 radical (unpaired) electrons. The Morgan fingerprint density at radius 3 is 2.43 bits per heavy atom. The van der Waals surface area contributed by atoms with Crippen LogP contribution < -0.4 is 14.4 Å². The average molecular weight is 384 g/mol. The summed E-state index contributed by atoms with van der Waals surface area (Å²) in [5, 5.41) is 0. The summed E-state index contributed by atoms with van der Waals surface area (Å²) in [4.78, 5) is 28.6. The van der Waals surface area contributed by atoms with Gasteiger partial charge in [-0.25, -0.2) is 9.29 Å². The zero-order chi connectivity index (χ0) is 19.8. The Hall–Kier alpha value is -2.93. The van der Waals surface area contributed by atoms with Gasteiger partial charge in [-0.15, -0.1) is 0 Å². The lowest BCUT2D eigenvalue weighted by Gasteiger charge is -2.32. The molecule has 2 heterocycles. The predicted octanol–water partition coefficient (Wildman–Crippen LogP) is 2.53. The molecule has 2 aliphatic rings. The molecule has 0 N–H and O–H groups in total. The van der Waals surface area contributed by atoms with Gasteiger partial charge in [0.2, 0.25) is 5.91 Å². The molecule has 4 rings (SSSR count). The van der Waals surface area contributed by atoms with Crippen molar-refractivity contribution in [1.29, 1.82) is 0 Å². The first kappa shape index (κ1) is 18.4. The zero-order valence-corrected chi connectivity index (χ0v) is 15.8. The normalized spacial score (nSPS) is 19.7. The Morgan fingerprint density at radius 1 is 1.04 bits per heavy atom. The summed E-state index contributed by atoms with van der Waals surface area (Å²) in [6, 6.07) is 8.91. The topological polar surface area (TPSA) is 59.1 Å². The molecule has 0 saturated carbocycles. The van der Waals surface area contributed by atoms with E-state index < -0.39 is 11.9 Å². The third kappa shape index (κ3) is 3.11. The number of benzene rings is 2. The molecule has 7 heteroatoms. The Morgan fingerprint density at radius 2 is 1.75 bits per heavy atom. The molecule has 1 fully saturated rings. The third-order valence-corrected chi connectivity index (χ3v) is 5.38. The van der Waals surface area contributed by atoms with Crippen molar-refractivity contribution < 1.29 is 23.5 Å². The molecule has 146 valence electrons. The molecule has 2 aromatic rings. The van der Waals surface area contributed by atoms with E-state index >= 15 is 0 Å². The van der Waals surface area contributed by atoms with E-state index in [1.54, 1.807) is 20.3 Å². The van der Waals surface area contributed by atoms with Gasteiger partial charge in [0.15, 0.2) is 11.5 Å². The smallest absolute Gasteiger partial charge is 0.251 e. The number of anilines is 1. The minimum Gasteiger partial charge on any atom is -0.493 e. The van der Waals surface area contributed by atoms with E-state index in [0.717, 1.165) is 22.4 Å². The van der Waals surface area contributed by atoms with E-state index in [1.165, 1.54) is 18.2 Å². The van der Waals surface area contributed by atoms with Gasteiger partial charge in [0.25, 0.3) is 5.91 Å². The maximum absolute atomic E-state index is 13.5. The maximum atomic E-state index is 13.5. The Labute approximate surface area is 162 Å². The Kier molecular flexibility index (Phi) is 4.77. The summed E-state index contributed by atoms with van der Waals surface area (Å²) in [5.41, 5.74) is 2.47. The van der Waals surface area contributed by atoms with Crippen molar-refractivity contribution in [3.8, 4) is 11.5 Å². The van der Waals surface area contributed by atoms with E-state index in [2.05, 4.69) is 0 Å². The lowest BCUT2D eigenvalue weighted by atomic mass is 9.97. The lowest BCUT2D eigenvalue weighted by molar-refractivity contribution is -0.123. The molecule has 0 bridgehead atoms. The van der Waals surface area contributed by atoms with E-state index in [0.29, 0.717) is 24.6 Å². The number of nitrogens with zero attached hydrogens (tertiary/aromatic N) is 2. The van der Waals surface area contributed by atoms with Gasteiger partial charge in [-0.1, -0.05) is 6.07 Å². The average Bonchev–Trinajstić information content (AvgIpc) is 3.00. The van der Waals surface area contributed by atoms with Crippen molar-refractivity contribution in [1.82, 2.24) is 4.90 Å². The second-order valence-electron chi connectivity index (χ2n) is 6.96. The Bertz CT molecular complexity index is 946. The van der Waals surface area contributed by atoms with Gasteiger partial charge in [0.05, 0.1) is 32.4 Å². The fraction of sp³-hybridized carbons (Fsp3) is 0.333. The van der Waals surface area contributed by atoms with E-state index in [9.17, 15) is 14.0 Å². The third-order valence-electron chi connectivity index (χ3n) is 5.38. The number of carbonyl (C=O) groups is 2. The van der Waals surface area contributed by atoms with Crippen LogP contribution in [0.1, 0.15) is 17.5 Å². The van der Waals surface area contributed by atoms with Crippen LogP contribution in [0.3, 0.4) is 0 Å². The highest BCUT2D eigenvalue weighted by atomic mass is 19.1. The van der Waals surface area contributed by atoms with Gasteiger partial charge < -0.3 is 9.47 Å². The zero-order valence-electron chi connectivity index (χ0n) is 15.8. The number of ether oxygens (including phenoxy) is 2. The fourth-order valence-electron chi connectivity index (χ4n) is 3.96. The molecule has 2 aliphatic heterocycles. The van der Waals surface area contributed by atoms with Gasteiger partial charge in [0, 0.05) is 13.1 Å². The molecule has 2 amide bonds. The van der Waals surface area contributed by atoms with Crippen molar-refractivity contribution in [3.63, 3.8) is 0 Å². The number of methoxy groups -OCH3 is 2. The summed E-state index contributed by atoms with van der Waals surface area (Å²) in [7, 11) is 3.18. The van der Waals surface area contributed by atoms with Crippen LogP contribution in [0, 0.1) is 5.82 Å². The summed E-state index contributed by atoms with van der Waals surface area (Å²) in [5.74, 6) is 0.227. The second kappa shape index (κ2) is 7.24. The van der Waals surface area contributed by atoms with E-state index in [4.69, 9.17) is 9.47 Å². The molecule has 0 aromatic heterocycles. The molecule has 6 nitrogen and oxygen atoms in total. The van der Waals surface area contributed by atoms with Crippen molar-refractivity contribution in [3.05, 3.63) is 53.3 Å². The summed E-state index contributed by atoms with van der Waals surface area (Å²) < 4.78 is 24.3. The molecule has 1 saturated heterocycles. The number of carbonyl (C=O) groups excluding carboxylic acids is 2. The van der Waals surface area contributed by atoms with Gasteiger partial charge in [-0.3, -0.25) is 14.5 Å². The van der Waals surface area contributed by atoms with Gasteiger partial charge in [0.1, 0.15) is 5.82 Å². The van der Waals surface area contributed by atoms with Crippen molar-refractivity contribution in [2.24, 2.45) is 0 Å². The number of fused-ring (bicyclic) bond motifs is 1. The fourth-order valence-corrected chi connectivity index (χ4v) is 3.96. The van der Waals surface area contributed by atoms with Crippen LogP contribution in [-0.2, 0) is 22.6 Å². The molecule has 1 atom stereocenters. The van der Waals surface area contributed by atoms with Gasteiger partial charge >= 0.3 is 0 Å². The van der Waals surface area contributed by atoms with Crippen LogP contribution in [0.2, 0.25) is 0 Å². The number of halogens is 1. The minimum absolute atomic E-state index is 0.0952. The predicted molar refractivity (Wildman–Crippen MR) is 101 cm³/mol. The number of hydrogen-bond acceptors (Lipinski definition) is 5. The summed E-state index contributed by atoms with van der Waals surface area (Å²) >= 11 is 0. The van der Waals surface area contributed by atoms with Crippen LogP contribution in [0.15, 0.2) is 36.4 Å². The maximum Gasteiger partial charge on any atom is 0.251 e. The van der Waals surface area contributed by atoms with Crippen molar-refractivity contribution in [2.75, 3.05) is 25.7 Å². The van der Waals surface area contributed by atoms with Crippen molar-refractivity contribution >= 4 is 17.5 Å². The highest BCUT2D eigenvalue weighted by molar-refractivity contribution is 6.22. The highest BCUT2D eigenvalue weighted by Crippen LogP contribution is 2.35. The number of rotatable bonds is 4. The van der Waals surface area contributed by atoms with Crippen LogP contribution in [-0.4, -0.2) is 43.5 Å². The summed E-state index contributed by atoms with van der Waals surface area (Å²) in [6.07, 6.45) is 0.839. The minimum atomic E-state index is -0.544. The molecule has 28 heavy (non-hydrogen) atoms. The van der Waals surface area contributed by atoms with Crippen LogP contribution in [0.5, 0.6) is 11.5 Å². The number of hydrogen-bond donors (Lipinski definition) is 0. The van der Waals surface area contributed by atoms with Crippen LogP contribution >= 0.6 is 0 Å². The monoisotopic (exact) mass is 384 g/mol.